The van der Waals surface area contributed by atoms with E-state index in [-0.39, 0.29) is 17.8 Å². The van der Waals surface area contributed by atoms with Gasteiger partial charge in [-0.1, -0.05) is 30.4 Å². The van der Waals surface area contributed by atoms with Crippen molar-refractivity contribution in [2.24, 2.45) is 0 Å². The van der Waals surface area contributed by atoms with Gasteiger partial charge in [-0.2, -0.15) is 0 Å². The summed E-state index contributed by atoms with van der Waals surface area (Å²) in [4.78, 5) is 14.4. The second-order valence-electron chi connectivity index (χ2n) is 7.05. The minimum absolute atomic E-state index is 0.0592. The Hall–Kier alpha value is -2.47. The third-order valence-electron chi connectivity index (χ3n) is 5.33. The molecular weight excluding hydrogens is 330 g/mol. The molecule has 6 nitrogen and oxygen atoms in total. The van der Waals surface area contributed by atoms with E-state index in [9.17, 15) is 9.90 Å². The summed E-state index contributed by atoms with van der Waals surface area (Å²) in [5.41, 5.74) is 1.93. The standard InChI is InChI=1S/C20H25N3O3/c1-21(18-11-10-15-7-2-3-9-17(15)26-18)12-4-5-13-23-19(24)16-8-6-14-22(16)20(23)25/h2-5,7,9,18,24H,6,8,10-14H2,1H3. The van der Waals surface area contributed by atoms with Crippen LogP contribution in [0.2, 0.25) is 0 Å². The van der Waals surface area contributed by atoms with Crippen LogP contribution in [-0.4, -0.2) is 39.0 Å². The quantitative estimate of drug-likeness (QED) is 0.835. The Bertz CT molecular complexity index is 881. The van der Waals surface area contributed by atoms with Crippen LogP contribution in [0.25, 0.3) is 0 Å². The first-order valence-corrected chi connectivity index (χ1v) is 9.26. The number of hydrogen-bond donors (Lipinski definition) is 1. The molecule has 4 rings (SSSR count). The van der Waals surface area contributed by atoms with E-state index in [1.54, 1.807) is 4.57 Å². The summed E-state index contributed by atoms with van der Waals surface area (Å²) in [5, 5.41) is 10.2. The Morgan fingerprint density at radius 3 is 3.00 bits per heavy atom. The fourth-order valence-electron chi connectivity index (χ4n) is 3.83. The number of imidazole rings is 1. The van der Waals surface area contributed by atoms with Gasteiger partial charge in [-0.3, -0.25) is 14.0 Å². The molecular formula is C20H25N3O3. The number of aromatic nitrogens is 2. The predicted octanol–water partition coefficient (Wildman–Crippen LogP) is 2.14. The lowest BCUT2D eigenvalue weighted by atomic mass is 10.0. The Morgan fingerprint density at radius 1 is 1.31 bits per heavy atom. The Kier molecular flexibility index (Phi) is 4.59. The second kappa shape index (κ2) is 7.03. The molecule has 1 atom stereocenters. The summed E-state index contributed by atoms with van der Waals surface area (Å²) < 4.78 is 9.21. The van der Waals surface area contributed by atoms with Crippen molar-refractivity contribution in [2.45, 2.75) is 45.0 Å². The van der Waals surface area contributed by atoms with Gasteiger partial charge in [0.25, 0.3) is 0 Å². The van der Waals surface area contributed by atoms with Crippen LogP contribution in [0, 0.1) is 0 Å². The van der Waals surface area contributed by atoms with E-state index in [1.807, 2.05) is 37.4 Å². The number of aromatic hydroxyl groups is 1. The largest absolute Gasteiger partial charge is 0.493 e. The molecule has 1 unspecified atom stereocenters. The van der Waals surface area contributed by atoms with Crippen LogP contribution in [0.3, 0.4) is 0 Å². The molecule has 0 saturated carbocycles. The minimum atomic E-state index is -0.111. The zero-order valence-electron chi connectivity index (χ0n) is 15.1. The number of fused-ring (bicyclic) bond motifs is 2. The van der Waals surface area contributed by atoms with Crippen LogP contribution in [0.15, 0.2) is 41.2 Å². The third-order valence-corrected chi connectivity index (χ3v) is 5.33. The Labute approximate surface area is 152 Å². The fraction of sp³-hybridized carbons (Fsp3) is 0.450. The lowest BCUT2D eigenvalue weighted by molar-refractivity contribution is 0.0357. The van der Waals surface area contributed by atoms with Crippen molar-refractivity contribution in [1.82, 2.24) is 14.0 Å². The molecule has 0 saturated heterocycles. The van der Waals surface area contributed by atoms with Gasteiger partial charge in [0.05, 0.1) is 5.69 Å². The summed E-state index contributed by atoms with van der Waals surface area (Å²) in [6.45, 7) is 1.84. The lowest BCUT2D eigenvalue weighted by Gasteiger charge is -2.32. The molecule has 1 aromatic heterocycles. The summed E-state index contributed by atoms with van der Waals surface area (Å²) >= 11 is 0. The number of ether oxygens (including phenoxy) is 1. The first-order valence-electron chi connectivity index (χ1n) is 9.26. The van der Waals surface area contributed by atoms with Crippen LogP contribution in [0.5, 0.6) is 11.6 Å². The maximum atomic E-state index is 12.3. The number of aryl methyl sites for hydroxylation is 1. The highest BCUT2D eigenvalue weighted by Gasteiger charge is 2.23. The molecule has 2 aromatic rings. The van der Waals surface area contributed by atoms with Crippen LogP contribution in [0.1, 0.15) is 24.1 Å². The Balaban J connectivity index is 1.34. The first kappa shape index (κ1) is 17.0. The number of likely N-dealkylation sites (N-methyl/N-ethyl adjacent to an activating group) is 1. The molecule has 0 spiro atoms. The number of benzene rings is 1. The summed E-state index contributed by atoms with van der Waals surface area (Å²) in [6.07, 6.45) is 7.72. The zero-order chi connectivity index (χ0) is 18.1. The van der Waals surface area contributed by atoms with Crippen molar-refractivity contribution >= 4 is 0 Å². The number of rotatable bonds is 5. The van der Waals surface area contributed by atoms with E-state index in [1.165, 1.54) is 10.1 Å². The van der Waals surface area contributed by atoms with Gasteiger partial charge in [-0.25, -0.2) is 4.79 Å². The van der Waals surface area contributed by atoms with Crippen molar-refractivity contribution < 1.29 is 9.84 Å². The third kappa shape index (κ3) is 3.05. The van der Waals surface area contributed by atoms with Gasteiger partial charge in [0.1, 0.15) is 5.75 Å². The average Bonchev–Trinajstić information content (AvgIpc) is 3.23. The van der Waals surface area contributed by atoms with Gasteiger partial charge in [0.15, 0.2) is 6.23 Å². The molecule has 0 radical (unpaired) electrons. The molecule has 6 heteroatoms. The molecule has 3 heterocycles. The van der Waals surface area contributed by atoms with E-state index in [0.717, 1.165) is 43.7 Å². The van der Waals surface area contributed by atoms with Crippen LogP contribution in [-0.2, 0) is 25.9 Å². The van der Waals surface area contributed by atoms with Crippen LogP contribution < -0.4 is 10.4 Å². The molecule has 0 fully saturated rings. The fourth-order valence-corrected chi connectivity index (χ4v) is 3.83. The van der Waals surface area contributed by atoms with Gasteiger partial charge in [-0.05, 0) is 37.9 Å². The van der Waals surface area contributed by atoms with Gasteiger partial charge in [0, 0.05) is 26.1 Å². The molecule has 2 aliphatic heterocycles. The van der Waals surface area contributed by atoms with Gasteiger partial charge in [0.2, 0.25) is 5.88 Å². The summed E-state index contributed by atoms with van der Waals surface area (Å²) in [7, 11) is 2.04. The molecule has 0 bridgehead atoms. The minimum Gasteiger partial charge on any atom is -0.493 e. The highest BCUT2D eigenvalue weighted by molar-refractivity contribution is 5.35. The number of nitrogens with zero attached hydrogens (tertiary/aromatic N) is 3. The Morgan fingerprint density at radius 2 is 2.15 bits per heavy atom. The first-order chi connectivity index (χ1) is 12.6. The van der Waals surface area contributed by atoms with E-state index in [4.69, 9.17) is 4.74 Å². The molecule has 0 amide bonds. The zero-order valence-corrected chi connectivity index (χ0v) is 15.1. The SMILES string of the molecule is CN(CC=CCn1c(O)c2n(c1=O)CCC2)C1CCc2ccccc2O1. The van der Waals surface area contributed by atoms with E-state index < -0.39 is 0 Å². The molecule has 1 N–H and O–H groups in total. The molecule has 1 aromatic carbocycles. The predicted molar refractivity (Wildman–Crippen MR) is 99.6 cm³/mol. The van der Waals surface area contributed by atoms with Crippen LogP contribution >= 0.6 is 0 Å². The maximum absolute atomic E-state index is 12.3. The maximum Gasteiger partial charge on any atom is 0.331 e. The monoisotopic (exact) mass is 355 g/mol. The van der Waals surface area contributed by atoms with E-state index in [0.29, 0.717) is 13.1 Å². The number of allylic oxidation sites excluding steroid dienone is 1. The lowest BCUT2D eigenvalue weighted by Crippen LogP contribution is -2.39. The normalized spacial score (nSPS) is 18.9. The smallest absolute Gasteiger partial charge is 0.331 e. The number of para-hydroxylation sites is 1. The molecule has 0 aliphatic carbocycles. The van der Waals surface area contributed by atoms with Crippen molar-refractivity contribution in [2.75, 3.05) is 13.6 Å². The van der Waals surface area contributed by atoms with Crippen molar-refractivity contribution in [3.63, 3.8) is 0 Å². The van der Waals surface area contributed by atoms with E-state index >= 15 is 0 Å². The summed E-state index contributed by atoms with van der Waals surface area (Å²) in [6, 6.07) is 8.18. The second-order valence-corrected chi connectivity index (χ2v) is 7.05. The highest BCUT2D eigenvalue weighted by Crippen LogP contribution is 2.28. The highest BCUT2D eigenvalue weighted by atomic mass is 16.5. The summed E-state index contributed by atoms with van der Waals surface area (Å²) in [5.74, 6) is 1.09. The van der Waals surface area contributed by atoms with Gasteiger partial charge < -0.3 is 9.84 Å². The van der Waals surface area contributed by atoms with Crippen molar-refractivity contribution in [1.29, 1.82) is 0 Å². The topological polar surface area (TPSA) is 59.6 Å². The van der Waals surface area contributed by atoms with Crippen LogP contribution in [0.4, 0.5) is 0 Å². The molecule has 2 aliphatic rings. The average molecular weight is 355 g/mol. The van der Waals surface area contributed by atoms with Gasteiger partial charge >= 0.3 is 5.69 Å². The van der Waals surface area contributed by atoms with E-state index in [2.05, 4.69) is 11.0 Å². The molecule has 138 valence electrons. The van der Waals surface area contributed by atoms with Gasteiger partial charge in [-0.15, -0.1) is 0 Å². The van der Waals surface area contributed by atoms with Crippen molar-refractivity contribution in [3.05, 3.63) is 58.2 Å². The molecule has 26 heavy (non-hydrogen) atoms. The van der Waals surface area contributed by atoms with Crippen molar-refractivity contribution in [3.8, 4) is 11.6 Å². The number of hydrogen-bond acceptors (Lipinski definition) is 4.